The van der Waals surface area contributed by atoms with Crippen molar-refractivity contribution < 1.29 is 22.7 Å². The average Bonchev–Trinajstić information content (AvgIpc) is 2.58. The van der Waals surface area contributed by atoms with Crippen molar-refractivity contribution in [3.05, 3.63) is 35.3 Å². The standard InChI is InChI=1S/C16H18F3N5O2/c1-23(2)14-10(7-20-16(22-14)24(3)4)21-15(25)8-6-9(17)12(19)13(26-5)11(8)18/h6-7H,1-5H3,(H,21,25). The summed E-state index contributed by atoms with van der Waals surface area (Å²) in [6, 6.07) is 0.465. The second-order valence-electron chi connectivity index (χ2n) is 5.72. The minimum absolute atomic E-state index is 0.175. The Bertz CT molecular complexity index is 843. The molecule has 0 saturated carbocycles. The van der Waals surface area contributed by atoms with Crippen molar-refractivity contribution in [1.29, 1.82) is 0 Å². The van der Waals surface area contributed by atoms with E-state index < -0.39 is 34.7 Å². The zero-order chi connectivity index (χ0) is 19.6. The number of nitrogens with one attached hydrogen (secondary N) is 1. The third-order valence-electron chi connectivity index (χ3n) is 3.39. The largest absolute Gasteiger partial charge is 0.491 e. The molecule has 0 radical (unpaired) electrons. The van der Waals surface area contributed by atoms with Crippen molar-refractivity contribution in [3.63, 3.8) is 0 Å². The fourth-order valence-electron chi connectivity index (χ4n) is 2.12. The van der Waals surface area contributed by atoms with Crippen molar-refractivity contribution in [1.82, 2.24) is 9.97 Å². The zero-order valence-corrected chi connectivity index (χ0v) is 14.9. The van der Waals surface area contributed by atoms with Gasteiger partial charge in [0.2, 0.25) is 11.8 Å². The third-order valence-corrected chi connectivity index (χ3v) is 3.39. The lowest BCUT2D eigenvalue weighted by molar-refractivity contribution is 0.102. The number of ether oxygens (including phenoxy) is 1. The van der Waals surface area contributed by atoms with Crippen LogP contribution in [-0.2, 0) is 0 Å². The summed E-state index contributed by atoms with van der Waals surface area (Å²) in [5.41, 5.74) is -0.532. The second-order valence-corrected chi connectivity index (χ2v) is 5.72. The van der Waals surface area contributed by atoms with E-state index in [2.05, 4.69) is 20.0 Å². The van der Waals surface area contributed by atoms with Crippen LogP contribution in [0.15, 0.2) is 12.3 Å². The highest BCUT2D eigenvalue weighted by Crippen LogP contribution is 2.29. The molecule has 0 saturated heterocycles. The predicted molar refractivity (Wildman–Crippen MR) is 91.5 cm³/mol. The molecule has 7 nitrogen and oxygen atoms in total. The van der Waals surface area contributed by atoms with Crippen LogP contribution in [0.4, 0.5) is 30.6 Å². The number of methoxy groups -OCH3 is 1. The highest BCUT2D eigenvalue weighted by Gasteiger charge is 2.24. The van der Waals surface area contributed by atoms with Gasteiger partial charge in [-0.05, 0) is 6.07 Å². The van der Waals surface area contributed by atoms with E-state index in [1.165, 1.54) is 6.20 Å². The first-order valence-corrected chi connectivity index (χ1v) is 7.41. The molecular formula is C16H18F3N5O2. The number of anilines is 3. The maximum Gasteiger partial charge on any atom is 0.259 e. The van der Waals surface area contributed by atoms with Crippen molar-refractivity contribution in [2.75, 3.05) is 50.4 Å². The van der Waals surface area contributed by atoms with Crippen LogP contribution in [0.25, 0.3) is 0 Å². The van der Waals surface area contributed by atoms with Gasteiger partial charge in [0.05, 0.1) is 18.9 Å². The number of hydrogen-bond donors (Lipinski definition) is 1. The van der Waals surface area contributed by atoms with E-state index >= 15 is 0 Å². The van der Waals surface area contributed by atoms with Gasteiger partial charge in [0.25, 0.3) is 5.91 Å². The first-order valence-electron chi connectivity index (χ1n) is 7.41. The Morgan fingerprint density at radius 2 is 1.77 bits per heavy atom. The lowest BCUT2D eigenvalue weighted by Crippen LogP contribution is -2.21. The Labute approximate surface area is 148 Å². The highest BCUT2D eigenvalue weighted by molar-refractivity contribution is 6.06. The van der Waals surface area contributed by atoms with Crippen molar-refractivity contribution in [2.24, 2.45) is 0 Å². The summed E-state index contributed by atoms with van der Waals surface area (Å²) in [6.07, 6.45) is 1.34. The molecule has 0 atom stereocenters. The maximum absolute atomic E-state index is 14.3. The van der Waals surface area contributed by atoms with Crippen LogP contribution < -0.4 is 19.9 Å². The quantitative estimate of drug-likeness (QED) is 0.816. The molecule has 0 fully saturated rings. The van der Waals surface area contributed by atoms with Gasteiger partial charge in [-0.25, -0.2) is 13.8 Å². The number of aromatic nitrogens is 2. The maximum atomic E-state index is 14.3. The Morgan fingerprint density at radius 1 is 1.12 bits per heavy atom. The highest BCUT2D eigenvalue weighted by atomic mass is 19.2. The van der Waals surface area contributed by atoms with Gasteiger partial charge >= 0.3 is 0 Å². The molecule has 0 spiro atoms. The molecule has 1 heterocycles. The van der Waals surface area contributed by atoms with E-state index in [1.807, 2.05) is 0 Å². The summed E-state index contributed by atoms with van der Waals surface area (Å²) < 4.78 is 45.9. The minimum Gasteiger partial charge on any atom is -0.491 e. The number of carbonyl (C=O) groups excluding carboxylic acids is 1. The number of amides is 1. The predicted octanol–water partition coefficient (Wildman–Crippen LogP) is 2.29. The first kappa shape index (κ1) is 19.3. The van der Waals surface area contributed by atoms with Crippen LogP contribution in [0, 0.1) is 17.5 Å². The molecule has 2 rings (SSSR count). The number of hydrogen-bond acceptors (Lipinski definition) is 6. The van der Waals surface area contributed by atoms with E-state index in [0.717, 1.165) is 7.11 Å². The SMILES string of the molecule is COc1c(F)c(F)cc(C(=O)Nc2cnc(N(C)C)nc2N(C)C)c1F. The normalized spacial score (nSPS) is 10.5. The van der Waals surface area contributed by atoms with Crippen LogP contribution in [0.1, 0.15) is 10.4 Å². The van der Waals surface area contributed by atoms with E-state index in [0.29, 0.717) is 17.8 Å². The summed E-state index contributed by atoms with van der Waals surface area (Å²) in [6.45, 7) is 0. The Hall–Kier alpha value is -3.04. The summed E-state index contributed by atoms with van der Waals surface area (Å²) in [5.74, 6) is -5.43. The molecule has 0 aliphatic rings. The molecule has 140 valence electrons. The van der Waals surface area contributed by atoms with Crippen LogP contribution >= 0.6 is 0 Å². The summed E-state index contributed by atoms with van der Waals surface area (Å²) >= 11 is 0. The van der Waals surface area contributed by atoms with E-state index in [-0.39, 0.29) is 5.69 Å². The van der Waals surface area contributed by atoms with Crippen LogP contribution in [0.3, 0.4) is 0 Å². The molecule has 1 N–H and O–H groups in total. The number of carbonyl (C=O) groups is 1. The molecule has 0 unspecified atom stereocenters. The third kappa shape index (κ3) is 3.63. The Balaban J connectivity index is 2.44. The molecule has 2 aromatic rings. The van der Waals surface area contributed by atoms with Crippen molar-refractivity contribution >= 4 is 23.4 Å². The molecule has 0 bridgehead atoms. The average molecular weight is 369 g/mol. The summed E-state index contributed by atoms with van der Waals surface area (Å²) in [4.78, 5) is 24.0. The van der Waals surface area contributed by atoms with Gasteiger partial charge < -0.3 is 19.9 Å². The number of nitrogens with zero attached hydrogens (tertiary/aromatic N) is 4. The van der Waals surface area contributed by atoms with Gasteiger partial charge in [0.15, 0.2) is 23.2 Å². The number of halogens is 3. The van der Waals surface area contributed by atoms with Crippen LogP contribution in [-0.4, -0.2) is 51.2 Å². The number of rotatable bonds is 5. The van der Waals surface area contributed by atoms with Crippen LogP contribution in [0.2, 0.25) is 0 Å². The van der Waals surface area contributed by atoms with Crippen molar-refractivity contribution in [2.45, 2.75) is 0 Å². The van der Waals surface area contributed by atoms with Gasteiger partial charge in [-0.3, -0.25) is 4.79 Å². The molecule has 1 amide bonds. The van der Waals surface area contributed by atoms with Crippen molar-refractivity contribution in [3.8, 4) is 5.75 Å². The topological polar surface area (TPSA) is 70.6 Å². The Kier molecular flexibility index (Phi) is 5.53. The molecule has 1 aromatic carbocycles. The fraction of sp³-hybridized carbons (Fsp3) is 0.312. The van der Waals surface area contributed by atoms with Gasteiger partial charge in [0, 0.05) is 28.2 Å². The first-order chi connectivity index (χ1) is 12.2. The fourth-order valence-corrected chi connectivity index (χ4v) is 2.12. The van der Waals surface area contributed by atoms with Gasteiger partial charge in [-0.2, -0.15) is 9.37 Å². The molecule has 10 heteroatoms. The molecular weight excluding hydrogens is 351 g/mol. The van der Waals surface area contributed by atoms with E-state index in [9.17, 15) is 18.0 Å². The van der Waals surface area contributed by atoms with E-state index in [4.69, 9.17) is 0 Å². The smallest absolute Gasteiger partial charge is 0.259 e. The summed E-state index contributed by atoms with van der Waals surface area (Å²) in [7, 11) is 7.85. The zero-order valence-electron chi connectivity index (χ0n) is 14.9. The molecule has 0 aliphatic heterocycles. The van der Waals surface area contributed by atoms with Gasteiger partial charge in [-0.1, -0.05) is 0 Å². The van der Waals surface area contributed by atoms with Gasteiger partial charge in [0.1, 0.15) is 5.69 Å². The molecule has 1 aromatic heterocycles. The monoisotopic (exact) mass is 369 g/mol. The molecule has 26 heavy (non-hydrogen) atoms. The minimum atomic E-state index is -1.51. The second kappa shape index (κ2) is 7.46. The lowest BCUT2D eigenvalue weighted by atomic mass is 10.1. The van der Waals surface area contributed by atoms with Gasteiger partial charge in [-0.15, -0.1) is 0 Å². The Morgan fingerprint density at radius 3 is 2.31 bits per heavy atom. The number of benzene rings is 1. The summed E-state index contributed by atoms with van der Waals surface area (Å²) in [5, 5.41) is 2.40. The van der Waals surface area contributed by atoms with E-state index in [1.54, 1.807) is 38.0 Å². The van der Waals surface area contributed by atoms with Crippen LogP contribution in [0.5, 0.6) is 5.75 Å². The molecule has 0 aliphatic carbocycles. The lowest BCUT2D eigenvalue weighted by Gasteiger charge is -2.19.